The van der Waals surface area contributed by atoms with E-state index in [0.717, 1.165) is 23.1 Å². The van der Waals surface area contributed by atoms with Gasteiger partial charge in [0.2, 0.25) is 0 Å². The van der Waals surface area contributed by atoms with Crippen LogP contribution in [-0.2, 0) is 23.2 Å². The van der Waals surface area contributed by atoms with Crippen LogP contribution in [0.1, 0.15) is 83.0 Å². The van der Waals surface area contributed by atoms with Crippen molar-refractivity contribution in [3.05, 3.63) is 72.1 Å². The third kappa shape index (κ3) is 8.49. The minimum atomic E-state index is -0.536. The third-order valence-corrected chi connectivity index (χ3v) is 5.88. The summed E-state index contributed by atoms with van der Waals surface area (Å²) in [5.41, 5.74) is 3.86. The Morgan fingerprint density at radius 2 is 1.81 bits per heavy atom. The fourth-order valence-corrected chi connectivity index (χ4v) is 3.82. The Labute approximate surface area is 194 Å². The van der Waals surface area contributed by atoms with Crippen LogP contribution in [0.5, 0.6) is 0 Å². The molecule has 0 aliphatic carbocycles. The molecule has 0 unspecified atom stereocenters. The van der Waals surface area contributed by atoms with Crippen LogP contribution in [-0.4, -0.2) is 12.7 Å². The molecule has 1 amide bonds. The molecule has 4 heteroatoms. The summed E-state index contributed by atoms with van der Waals surface area (Å²) in [5, 5.41) is 3.00. The molecule has 0 saturated carbocycles. The molecule has 2 aromatic rings. The smallest absolute Gasteiger partial charge is 0.408 e. The first kappa shape index (κ1) is 25.6. The normalized spacial score (nSPS) is 11.2. The van der Waals surface area contributed by atoms with Crippen molar-refractivity contribution in [2.45, 2.75) is 84.7 Å². The summed E-state index contributed by atoms with van der Waals surface area (Å²) in [7, 11) is 0. The lowest BCUT2D eigenvalue weighted by Crippen LogP contribution is -2.44. The van der Waals surface area contributed by atoms with E-state index in [1.807, 2.05) is 45.0 Å². The number of rotatable bonds is 13. The number of benzene rings is 1. The van der Waals surface area contributed by atoms with Gasteiger partial charge in [-0.05, 0) is 44.4 Å². The van der Waals surface area contributed by atoms with Crippen LogP contribution in [0.2, 0.25) is 0 Å². The van der Waals surface area contributed by atoms with Gasteiger partial charge in [-0.3, -0.25) is 0 Å². The Morgan fingerprint density at radius 1 is 1.06 bits per heavy atom. The van der Waals surface area contributed by atoms with Gasteiger partial charge < -0.3 is 10.1 Å². The number of allylic oxidation sites excluding steroid dienone is 1. The summed E-state index contributed by atoms with van der Waals surface area (Å²) >= 11 is 0. The topological polar surface area (TPSA) is 42.2 Å². The highest BCUT2D eigenvalue weighted by molar-refractivity contribution is 5.69. The van der Waals surface area contributed by atoms with Gasteiger partial charge in [0.25, 0.3) is 0 Å². The summed E-state index contributed by atoms with van der Waals surface area (Å²) in [4.78, 5) is 12.5. The monoisotopic (exact) mass is 437 g/mol. The Balaban J connectivity index is 1.82. The zero-order valence-corrected chi connectivity index (χ0v) is 20.5. The molecular weight excluding hydrogens is 396 g/mol. The first-order valence-corrected chi connectivity index (χ1v) is 12.0. The predicted molar refractivity (Wildman–Crippen MR) is 132 cm³/mol. The number of unbranched alkanes of at least 4 members (excludes halogenated alkanes) is 5. The third-order valence-electron chi connectivity index (χ3n) is 5.88. The first-order valence-electron chi connectivity index (χ1n) is 12.0. The summed E-state index contributed by atoms with van der Waals surface area (Å²) in [5.74, 6) is 0. The molecule has 0 bridgehead atoms. The molecule has 1 aromatic heterocycles. The molecule has 1 aromatic carbocycles. The molecule has 1 heterocycles. The van der Waals surface area contributed by atoms with Crippen LogP contribution >= 0.6 is 0 Å². The van der Waals surface area contributed by atoms with E-state index in [-0.39, 0.29) is 0 Å². The number of hydrogen-bond donors (Lipinski definition) is 1. The van der Waals surface area contributed by atoms with Gasteiger partial charge in [0, 0.05) is 18.6 Å². The van der Waals surface area contributed by atoms with Crippen LogP contribution in [0.25, 0.3) is 5.57 Å². The number of ether oxygens (including phenoxy) is 1. The number of carbonyl (C=O) groups is 1. The maximum Gasteiger partial charge on any atom is 0.408 e. The summed E-state index contributed by atoms with van der Waals surface area (Å²) in [6.45, 7) is 13.2. The van der Waals surface area contributed by atoms with E-state index in [9.17, 15) is 4.79 Å². The maximum atomic E-state index is 12.5. The minimum absolute atomic E-state index is 0.339. The minimum Gasteiger partial charge on any atom is -0.443 e. The van der Waals surface area contributed by atoms with Crippen LogP contribution in [0.4, 0.5) is 4.79 Å². The number of nitrogens with zero attached hydrogens (tertiary/aromatic N) is 1. The van der Waals surface area contributed by atoms with Crippen molar-refractivity contribution in [2.75, 3.05) is 6.61 Å². The van der Waals surface area contributed by atoms with E-state index in [4.69, 9.17) is 4.74 Å². The fraction of sp³-hybridized carbons (Fsp3) is 0.500. The Kier molecular flexibility index (Phi) is 10.5. The van der Waals surface area contributed by atoms with E-state index in [2.05, 4.69) is 47.8 Å². The van der Waals surface area contributed by atoms with Crippen molar-refractivity contribution in [2.24, 2.45) is 0 Å². The predicted octanol–water partition coefficient (Wildman–Crippen LogP) is 6.57. The van der Waals surface area contributed by atoms with E-state index >= 15 is 0 Å². The molecule has 174 valence electrons. The largest absolute Gasteiger partial charge is 0.443 e. The second-order valence-corrected chi connectivity index (χ2v) is 9.15. The Morgan fingerprint density at radius 3 is 2.56 bits per heavy atom. The van der Waals surface area contributed by atoms with Crippen LogP contribution < -0.4 is 9.88 Å². The van der Waals surface area contributed by atoms with E-state index < -0.39 is 11.6 Å². The van der Waals surface area contributed by atoms with Crippen molar-refractivity contribution in [1.29, 1.82) is 0 Å². The standard InChI is InChI=1S/C28H40N2O2/c1-6-7-8-9-10-11-17-26-18-12-13-19-30(26)20-21-32-27(31)29-28(4,5)25-16-14-15-24(22-25)23(2)3/h12-16,18-19,22H,2,6-11,17,20-21H2,1,3-5H3/p+1. The number of aryl methyl sites for hydroxylation is 1. The van der Waals surface area contributed by atoms with Gasteiger partial charge in [-0.15, -0.1) is 0 Å². The number of carbonyl (C=O) groups excluding carboxylic acids is 1. The second kappa shape index (κ2) is 13.0. The molecule has 32 heavy (non-hydrogen) atoms. The summed E-state index contributed by atoms with van der Waals surface area (Å²) in [6.07, 6.45) is 10.5. The molecule has 0 aliphatic heterocycles. The highest BCUT2D eigenvalue weighted by Crippen LogP contribution is 2.23. The van der Waals surface area contributed by atoms with E-state index in [1.165, 1.54) is 44.2 Å². The lowest BCUT2D eigenvalue weighted by molar-refractivity contribution is -0.705. The highest BCUT2D eigenvalue weighted by atomic mass is 16.5. The maximum absolute atomic E-state index is 12.5. The Hall–Kier alpha value is -2.62. The van der Waals surface area contributed by atoms with E-state index in [1.54, 1.807) is 0 Å². The second-order valence-electron chi connectivity index (χ2n) is 9.15. The van der Waals surface area contributed by atoms with Crippen molar-refractivity contribution in [1.82, 2.24) is 5.32 Å². The highest BCUT2D eigenvalue weighted by Gasteiger charge is 2.24. The first-order chi connectivity index (χ1) is 15.3. The van der Waals surface area contributed by atoms with Crippen LogP contribution in [0.3, 0.4) is 0 Å². The number of pyridine rings is 1. The van der Waals surface area contributed by atoms with Gasteiger partial charge in [0.05, 0.1) is 5.54 Å². The van der Waals surface area contributed by atoms with Crippen LogP contribution in [0, 0.1) is 0 Å². The Bertz CT molecular complexity index is 873. The van der Waals surface area contributed by atoms with Gasteiger partial charge in [0.15, 0.2) is 25.0 Å². The molecule has 0 spiro atoms. The molecule has 2 rings (SSSR count). The number of amides is 1. The quantitative estimate of drug-likeness (QED) is 0.284. The van der Waals surface area contributed by atoms with Crippen molar-refractivity contribution in [3.8, 4) is 0 Å². The zero-order valence-electron chi connectivity index (χ0n) is 20.5. The molecule has 0 radical (unpaired) electrons. The summed E-state index contributed by atoms with van der Waals surface area (Å²) < 4.78 is 7.71. The SMILES string of the molecule is C=C(C)c1cccc(C(C)(C)NC(=O)OCC[n+]2ccccc2CCCCCCCC)c1. The number of alkyl carbamates (subject to hydrolysis) is 1. The van der Waals surface area contributed by atoms with Gasteiger partial charge in [-0.1, -0.05) is 75.4 Å². The molecule has 0 fully saturated rings. The molecule has 0 saturated heterocycles. The summed E-state index contributed by atoms with van der Waals surface area (Å²) in [6, 6.07) is 14.4. The zero-order chi connectivity index (χ0) is 23.4. The molecule has 4 nitrogen and oxygen atoms in total. The van der Waals surface area contributed by atoms with Gasteiger partial charge in [-0.2, -0.15) is 4.57 Å². The molecular formula is C28H41N2O2+. The molecule has 0 atom stereocenters. The van der Waals surface area contributed by atoms with Crippen molar-refractivity contribution < 1.29 is 14.1 Å². The lowest BCUT2D eigenvalue weighted by Gasteiger charge is -2.27. The number of nitrogens with one attached hydrogen (secondary N) is 1. The van der Waals surface area contributed by atoms with Gasteiger partial charge in [-0.25, -0.2) is 4.79 Å². The molecule has 1 N–H and O–H groups in total. The van der Waals surface area contributed by atoms with Gasteiger partial charge in [0.1, 0.15) is 0 Å². The van der Waals surface area contributed by atoms with Gasteiger partial charge >= 0.3 is 6.09 Å². The number of aromatic nitrogens is 1. The van der Waals surface area contributed by atoms with Crippen molar-refractivity contribution >= 4 is 11.7 Å². The average molecular weight is 438 g/mol. The fourth-order valence-electron chi connectivity index (χ4n) is 3.82. The van der Waals surface area contributed by atoms with Crippen molar-refractivity contribution in [3.63, 3.8) is 0 Å². The van der Waals surface area contributed by atoms with E-state index in [0.29, 0.717) is 13.2 Å². The number of hydrogen-bond acceptors (Lipinski definition) is 2. The average Bonchev–Trinajstić information content (AvgIpc) is 2.77. The lowest BCUT2D eigenvalue weighted by atomic mass is 9.92. The van der Waals surface area contributed by atoms with Crippen LogP contribution in [0.15, 0.2) is 55.2 Å². The molecule has 0 aliphatic rings.